The quantitative estimate of drug-likeness (QED) is 0.0497. The number of aliphatic hydroxyl groups excluding tert-OH is 1. The van der Waals surface area contributed by atoms with Gasteiger partial charge < -0.3 is 19.5 Å². The lowest BCUT2D eigenvalue weighted by atomic mass is 9.83. The number of ether oxygens (including phenoxy) is 2. The van der Waals surface area contributed by atoms with Crippen molar-refractivity contribution in [2.24, 2.45) is 11.3 Å². The van der Waals surface area contributed by atoms with Crippen molar-refractivity contribution in [3.8, 4) is 0 Å². The van der Waals surface area contributed by atoms with Crippen LogP contribution in [0.15, 0.2) is 0 Å². The number of nitrogens with zero attached hydrogens (tertiary/aromatic N) is 1. The SMILES string of the molecule is CCCCCCCCCC(=O)OCCCCC(C)(C)CCN(CCCO)CCCCCCCC(=O)OCC(CCCCCCC)CCCCCCC. The minimum absolute atomic E-state index is 0.000392. The fraction of sp³-hybridized carbons (Fsp3) is 0.957. The molecule has 0 saturated carbocycles. The minimum atomic E-state index is -0.0271. The molecule has 0 radical (unpaired) electrons. The monoisotopic (exact) mass is 738 g/mol. The highest BCUT2D eigenvalue weighted by molar-refractivity contribution is 5.69. The molecule has 6 heteroatoms. The molecule has 0 unspecified atom stereocenters. The third-order valence-corrected chi connectivity index (χ3v) is 11.0. The molecule has 0 rings (SSSR count). The smallest absolute Gasteiger partial charge is 0.305 e. The largest absolute Gasteiger partial charge is 0.466 e. The number of esters is 2. The maximum Gasteiger partial charge on any atom is 0.305 e. The van der Waals surface area contributed by atoms with Gasteiger partial charge in [0.2, 0.25) is 0 Å². The molecule has 1 N–H and O–H groups in total. The van der Waals surface area contributed by atoms with Crippen molar-refractivity contribution in [2.45, 2.75) is 234 Å². The second-order valence-corrected chi connectivity index (χ2v) is 16.9. The van der Waals surface area contributed by atoms with Crippen molar-refractivity contribution in [1.82, 2.24) is 4.90 Å². The minimum Gasteiger partial charge on any atom is -0.466 e. The zero-order valence-corrected chi connectivity index (χ0v) is 35.8. The summed E-state index contributed by atoms with van der Waals surface area (Å²) in [6, 6.07) is 0. The standard InChI is InChI=1S/C46H91NO5/c1-6-9-12-15-16-20-25-33-44(49)51-41-29-27-35-46(4,5)36-39-47(38-30-40-48)37-28-22-17-21-26-34-45(50)52-42-43(31-23-18-13-10-7-2)32-24-19-14-11-8-3/h43,48H,6-42H2,1-5H3. The van der Waals surface area contributed by atoms with Gasteiger partial charge in [-0.3, -0.25) is 9.59 Å². The fourth-order valence-electron chi connectivity index (χ4n) is 7.21. The highest BCUT2D eigenvalue weighted by Crippen LogP contribution is 2.28. The van der Waals surface area contributed by atoms with Gasteiger partial charge in [0.1, 0.15) is 0 Å². The van der Waals surface area contributed by atoms with E-state index in [-0.39, 0.29) is 24.0 Å². The van der Waals surface area contributed by atoms with E-state index in [2.05, 4.69) is 39.5 Å². The molecule has 0 bridgehead atoms. The van der Waals surface area contributed by atoms with Crippen LogP contribution in [-0.2, 0) is 19.1 Å². The summed E-state index contributed by atoms with van der Waals surface area (Å²) in [7, 11) is 0. The van der Waals surface area contributed by atoms with Crippen molar-refractivity contribution in [3.63, 3.8) is 0 Å². The molecule has 0 saturated heterocycles. The summed E-state index contributed by atoms with van der Waals surface area (Å²) >= 11 is 0. The summed E-state index contributed by atoms with van der Waals surface area (Å²) in [5.74, 6) is 0.507. The number of aliphatic hydroxyl groups is 1. The van der Waals surface area contributed by atoms with Crippen molar-refractivity contribution >= 4 is 11.9 Å². The van der Waals surface area contributed by atoms with E-state index in [4.69, 9.17) is 9.47 Å². The van der Waals surface area contributed by atoms with Gasteiger partial charge in [0.25, 0.3) is 0 Å². The van der Waals surface area contributed by atoms with E-state index < -0.39 is 0 Å². The number of carbonyl (C=O) groups is 2. The predicted octanol–water partition coefficient (Wildman–Crippen LogP) is 13.2. The lowest BCUT2D eigenvalue weighted by Crippen LogP contribution is -2.31. The van der Waals surface area contributed by atoms with Gasteiger partial charge in [0.05, 0.1) is 13.2 Å². The first-order chi connectivity index (χ1) is 25.3. The van der Waals surface area contributed by atoms with Gasteiger partial charge in [-0.1, -0.05) is 157 Å². The van der Waals surface area contributed by atoms with Gasteiger partial charge >= 0.3 is 11.9 Å². The maximum atomic E-state index is 12.5. The number of rotatable bonds is 41. The summed E-state index contributed by atoms with van der Waals surface area (Å²) in [4.78, 5) is 27.1. The molecule has 52 heavy (non-hydrogen) atoms. The topological polar surface area (TPSA) is 76.1 Å². The van der Waals surface area contributed by atoms with Gasteiger partial charge in [-0.15, -0.1) is 0 Å². The van der Waals surface area contributed by atoms with Crippen LogP contribution >= 0.6 is 0 Å². The molecule has 0 fully saturated rings. The third kappa shape index (κ3) is 35.9. The normalized spacial score (nSPS) is 11.9. The van der Waals surface area contributed by atoms with Gasteiger partial charge in [-0.25, -0.2) is 0 Å². The molecule has 0 spiro atoms. The molecule has 0 aromatic rings. The summed E-state index contributed by atoms with van der Waals surface area (Å²) in [6.07, 6.45) is 35.8. The first kappa shape index (κ1) is 50.9. The maximum absolute atomic E-state index is 12.5. The zero-order chi connectivity index (χ0) is 38.4. The molecule has 0 heterocycles. The molecule has 0 aromatic heterocycles. The highest BCUT2D eigenvalue weighted by Gasteiger charge is 2.19. The van der Waals surface area contributed by atoms with E-state index in [1.54, 1.807) is 0 Å². The molecular formula is C46H91NO5. The Balaban J connectivity index is 4.15. The molecule has 0 amide bonds. The van der Waals surface area contributed by atoms with Crippen LogP contribution in [0.25, 0.3) is 0 Å². The van der Waals surface area contributed by atoms with Gasteiger partial charge in [-0.05, 0) is 88.6 Å². The average Bonchev–Trinajstić information content (AvgIpc) is 3.13. The van der Waals surface area contributed by atoms with Crippen LogP contribution in [0, 0.1) is 11.3 Å². The molecule has 6 nitrogen and oxygen atoms in total. The van der Waals surface area contributed by atoms with E-state index in [0.29, 0.717) is 32.0 Å². The zero-order valence-electron chi connectivity index (χ0n) is 35.8. The van der Waals surface area contributed by atoms with Crippen molar-refractivity contribution in [1.29, 1.82) is 0 Å². The van der Waals surface area contributed by atoms with E-state index >= 15 is 0 Å². The molecule has 0 aromatic carbocycles. The summed E-state index contributed by atoms with van der Waals surface area (Å²) in [6.45, 7) is 16.0. The average molecular weight is 738 g/mol. The molecule has 0 aliphatic heterocycles. The Kier molecular flexibility index (Phi) is 37.3. The molecule has 0 atom stereocenters. The Hall–Kier alpha value is -1.14. The number of hydrogen-bond donors (Lipinski definition) is 1. The lowest BCUT2D eigenvalue weighted by molar-refractivity contribution is -0.145. The number of carbonyl (C=O) groups excluding carboxylic acids is 2. The van der Waals surface area contributed by atoms with Crippen LogP contribution in [0.4, 0.5) is 0 Å². The summed E-state index contributed by atoms with van der Waals surface area (Å²) < 4.78 is 11.3. The van der Waals surface area contributed by atoms with E-state index in [0.717, 1.165) is 83.8 Å². The first-order valence-electron chi connectivity index (χ1n) is 22.9. The first-order valence-corrected chi connectivity index (χ1v) is 22.9. The van der Waals surface area contributed by atoms with E-state index in [9.17, 15) is 14.7 Å². The second kappa shape index (κ2) is 38.1. The molecule has 0 aliphatic carbocycles. The molecule has 0 aliphatic rings. The molecule has 310 valence electrons. The van der Waals surface area contributed by atoms with Crippen molar-refractivity contribution in [2.75, 3.05) is 39.5 Å². The Bertz CT molecular complexity index is 758. The highest BCUT2D eigenvalue weighted by atomic mass is 16.5. The van der Waals surface area contributed by atoms with Gasteiger partial charge in [0, 0.05) is 26.0 Å². The fourth-order valence-corrected chi connectivity index (χ4v) is 7.21. The van der Waals surface area contributed by atoms with Crippen molar-refractivity contribution in [3.05, 3.63) is 0 Å². The Labute approximate surface area is 324 Å². The summed E-state index contributed by atoms with van der Waals surface area (Å²) in [5, 5.41) is 9.46. The number of unbranched alkanes of at least 4 members (excludes halogenated alkanes) is 19. The van der Waals surface area contributed by atoms with Crippen molar-refractivity contribution < 1.29 is 24.2 Å². The van der Waals surface area contributed by atoms with Crippen LogP contribution < -0.4 is 0 Å². The van der Waals surface area contributed by atoms with E-state index in [1.165, 1.54) is 122 Å². The van der Waals surface area contributed by atoms with Gasteiger partial charge in [0.15, 0.2) is 0 Å². The predicted molar refractivity (Wildman–Crippen MR) is 223 cm³/mol. The summed E-state index contributed by atoms with van der Waals surface area (Å²) in [5.41, 5.74) is 0.247. The Morgan fingerprint density at radius 2 is 0.981 bits per heavy atom. The van der Waals surface area contributed by atoms with Crippen LogP contribution in [0.3, 0.4) is 0 Å². The van der Waals surface area contributed by atoms with Crippen LogP contribution in [0.5, 0.6) is 0 Å². The van der Waals surface area contributed by atoms with Crippen LogP contribution in [0.1, 0.15) is 234 Å². The van der Waals surface area contributed by atoms with Gasteiger partial charge in [-0.2, -0.15) is 0 Å². The van der Waals surface area contributed by atoms with Crippen LogP contribution in [0.2, 0.25) is 0 Å². The Morgan fingerprint density at radius 3 is 1.52 bits per heavy atom. The number of hydrogen-bond acceptors (Lipinski definition) is 6. The Morgan fingerprint density at radius 1 is 0.519 bits per heavy atom. The lowest BCUT2D eigenvalue weighted by Gasteiger charge is -2.29. The van der Waals surface area contributed by atoms with E-state index in [1.807, 2.05) is 0 Å². The molecular weight excluding hydrogens is 647 g/mol. The van der Waals surface area contributed by atoms with Crippen LogP contribution in [-0.4, -0.2) is 61.4 Å². The third-order valence-electron chi connectivity index (χ3n) is 11.0. The second-order valence-electron chi connectivity index (χ2n) is 16.9.